The van der Waals surface area contributed by atoms with Gasteiger partial charge in [-0.15, -0.1) is 0 Å². The highest BCUT2D eigenvalue weighted by Gasteiger charge is 2.32. The van der Waals surface area contributed by atoms with E-state index in [9.17, 15) is 13.2 Å². The molecule has 0 radical (unpaired) electrons. The lowest BCUT2D eigenvalue weighted by molar-refractivity contribution is 0.165. The SMILES string of the molecule is CC1CCC(C2CCC(c3cc(F)c(C4CCC(c5cc(F)c(F)c(F)c5)CC4)c(F)c3)CC2)CC1. The second-order valence-electron chi connectivity index (χ2n) is 11.9. The molecule has 0 N–H and O–H groups in total. The van der Waals surface area contributed by atoms with Crippen molar-refractivity contribution in [1.82, 2.24) is 0 Å². The van der Waals surface area contributed by atoms with Gasteiger partial charge in [-0.2, -0.15) is 0 Å². The summed E-state index contributed by atoms with van der Waals surface area (Å²) in [6.07, 6.45) is 11.8. The summed E-state index contributed by atoms with van der Waals surface area (Å²) in [6.45, 7) is 2.35. The van der Waals surface area contributed by atoms with Gasteiger partial charge in [0, 0.05) is 5.56 Å². The molecule has 0 atom stereocenters. The minimum absolute atomic E-state index is 0.140. The van der Waals surface area contributed by atoms with Crippen LogP contribution in [0.5, 0.6) is 0 Å². The lowest BCUT2D eigenvalue weighted by Crippen LogP contribution is -2.25. The van der Waals surface area contributed by atoms with Gasteiger partial charge in [0.25, 0.3) is 0 Å². The van der Waals surface area contributed by atoms with E-state index < -0.39 is 29.1 Å². The predicted molar refractivity (Wildman–Crippen MR) is 132 cm³/mol. The van der Waals surface area contributed by atoms with E-state index in [1.165, 1.54) is 25.7 Å². The van der Waals surface area contributed by atoms with Crippen molar-refractivity contribution < 1.29 is 22.0 Å². The zero-order chi connectivity index (χ0) is 25.4. The van der Waals surface area contributed by atoms with Gasteiger partial charge in [0.1, 0.15) is 11.6 Å². The number of hydrogen-bond acceptors (Lipinski definition) is 0. The second-order valence-corrected chi connectivity index (χ2v) is 11.9. The Balaban J connectivity index is 1.20. The maximum Gasteiger partial charge on any atom is 0.194 e. The Hall–Kier alpha value is -1.91. The molecular formula is C31H37F5. The molecule has 0 aromatic heterocycles. The van der Waals surface area contributed by atoms with E-state index in [2.05, 4.69) is 6.92 Å². The molecule has 3 aliphatic rings. The second kappa shape index (κ2) is 10.8. The summed E-state index contributed by atoms with van der Waals surface area (Å²) in [5, 5.41) is 0. The smallest absolute Gasteiger partial charge is 0.194 e. The Bertz CT molecular complexity index is 1010. The van der Waals surface area contributed by atoms with E-state index in [0.717, 1.165) is 61.1 Å². The molecule has 0 saturated heterocycles. The lowest BCUT2D eigenvalue weighted by atomic mass is 9.68. The Labute approximate surface area is 211 Å². The molecule has 0 nitrogen and oxygen atoms in total. The molecule has 2 aromatic rings. The van der Waals surface area contributed by atoms with E-state index in [-0.39, 0.29) is 23.3 Å². The maximum absolute atomic E-state index is 15.2. The molecule has 0 aliphatic heterocycles. The van der Waals surface area contributed by atoms with Gasteiger partial charge in [-0.25, -0.2) is 22.0 Å². The van der Waals surface area contributed by atoms with Gasteiger partial charge in [0.05, 0.1) is 0 Å². The zero-order valence-corrected chi connectivity index (χ0v) is 21.1. The molecule has 0 spiro atoms. The van der Waals surface area contributed by atoms with Gasteiger partial charge < -0.3 is 0 Å². The Morgan fingerprint density at radius 3 is 1.31 bits per heavy atom. The van der Waals surface area contributed by atoms with Crippen molar-refractivity contribution in [2.24, 2.45) is 17.8 Å². The molecule has 0 heterocycles. The van der Waals surface area contributed by atoms with Crippen molar-refractivity contribution in [2.75, 3.05) is 0 Å². The summed E-state index contributed by atoms with van der Waals surface area (Å²) in [5.74, 6) is -2.50. The first-order valence-electron chi connectivity index (χ1n) is 13.9. The molecule has 3 saturated carbocycles. The first-order valence-corrected chi connectivity index (χ1v) is 13.9. The van der Waals surface area contributed by atoms with Gasteiger partial charge in [-0.3, -0.25) is 0 Å². The van der Waals surface area contributed by atoms with E-state index in [4.69, 9.17) is 0 Å². The lowest BCUT2D eigenvalue weighted by Gasteiger charge is -2.37. The fourth-order valence-electron chi connectivity index (χ4n) is 7.44. The Kier molecular flexibility index (Phi) is 7.74. The summed E-state index contributed by atoms with van der Waals surface area (Å²) in [7, 11) is 0. The quantitative estimate of drug-likeness (QED) is 0.287. The van der Waals surface area contributed by atoms with Crippen molar-refractivity contribution in [3.8, 4) is 0 Å². The van der Waals surface area contributed by atoms with E-state index in [0.29, 0.717) is 31.2 Å². The zero-order valence-electron chi connectivity index (χ0n) is 21.1. The molecule has 5 heteroatoms. The summed E-state index contributed by atoms with van der Waals surface area (Å²) < 4.78 is 71.1. The predicted octanol–water partition coefficient (Wildman–Crippen LogP) is 9.92. The highest BCUT2D eigenvalue weighted by Crippen LogP contribution is 2.46. The largest absolute Gasteiger partial charge is 0.207 e. The normalized spacial score (nSPS) is 31.4. The molecular weight excluding hydrogens is 467 g/mol. The minimum Gasteiger partial charge on any atom is -0.207 e. The summed E-state index contributed by atoms with van der Waals surface area (Å²) >= 11 is 0. The number of hydrogen-bond donors (Lipinski definition) is 0. The first kappa shape index (κ1) is 25.7. The van der Waals surface area contributed by atoms with Crippen LogP contribution in [0.3, 0.4) is 0 Å². The molecule has 36 heavy (non-hydrogen) atoms. The van der Waals surface area contributed by atoms with Crippen LogP contribution in [0.1, 0.15) is 118 Å². The minimum atomic E-state index is -1.46. The molecule has 5 rings (SSSR count). The van der Waals surface area contributed by atoms with Crippen LogP contribution in [-0.4, -0.2) is 0 Å². The fourth-order valence-corrected chi connectivity index (χ4v) is 7.44. The van der Waals surface area contributed by atoms with Crippen LogP contribution >= 0.6 is 0 Å². The molecule has 0 bridgehead atoms. The van der Waals surface area contributed by atoms with Crippen LogP contribution in [0.4, 0.5) is 22.0 Å². The fraction of sp³-hybridized carbons (Fsp3) is 0.613. The van der Waals surface area contributed by atoms with Gasteiger partial charge in [0.15, 0.2) is 17.5 Å². The third kappa shape index (κ3) is 5.36. The van der Waals surface area contributed by atoms with Crippen molar-refractivity contribution in [3.63, 3.8) is 0 Å². The molecule has 0 amide bonds. The third-order valence-corrected chi connectivity index (χ3v) is 9.68. The van der Waals surface area contributed by atoms with Crippen molar-refractivity contribution >= 4 is 0 Å². The van der Waals surface area contributed by atoms with E-state index in [1.54, 1.807) is 12.1 Å². The molecule has 3 fully saturated rings. The van der Waals surface area contributed by atoms with Crippen LogP contribution in [0.2, 0.25) is 0 Å². The van der Waals surface area contributed by atoms with Gasteiger partial charge >= 0.3 is 0 Å². The summed E-state index contributed by atoms with van der Waals surface area (Å²) in [4.78, 5) is 0. The van der Waals surface area contributed by atoms with Crippen LogP contribution < -0.4 is 0 Å². The van der Waals surface area contributed by atoms with Crippen molar-refractivity contribution in [3.05, 3.63) is 70.0 Å². The van der Waals surface area contributed by atoms with Crippen LogP contribution in [-0.2, 0) is 0 Å². The molecule has 2 aromatic carbocycles. The standard InChI is InChI=1S/C31H37F5/c1-18-2-4-19(5-3-18)20-6-8-21(9-7-20)24-14-26(32)30(27(33)15-24)23-12-10-22(11-13-23)25-16-28(34)31(36)29(35)17-25/h14-23H,2-13H2,1H3. The Morgan fingerprint density at radius 1 is 0.472 bits per heavy atom. The first-order chi connectivity index (χ1) is 17.3. The number of halogens is 5. The average molecular weight is 505 g/mol. The van der Waals surface area contributed by atoms with Crippen LogP contribution in [0.25, 0.3) is 0 Å². The molecule has 0 unspecified atom stereocenters. The van der Waals surface area contributed by atoms with Crippen molar-refractivity contribution in [1.29, 1.82) is 0 Å². The van der Waals surface area contributed by atoms with Gasteiger partial charge in [-0.05, 0) is 135 Å². The van der Waals surface area contributed by atoms with Crippen LogP contribution in [0, 0.1) is 46.8 Å². The Morgan fingerprint density at radius 2 is 0.833 bits per heavy atom. The highest BCUT2D eigenvalue weighted by atomic mass is 19.2. The number of benzene rings is 2. The monoisotopic (exact) mass is 504 g/mol. The highest BCUT2D eigenvalue weighted by molar-refractivity contribution is 5.32. The maximum atomic E-state index is 15.2. The number of rotatable bonds is 4. The van der Waals surface area contributed by atoms with E-state index in [1.807, 2.05) is 0 Å². The third-order valence-electron chi connectivity index (χ3n) is 9.68. The topological polar surface area (TPSA) is 0 Å². The summed E-state index contributed by atoms with van der Waals surface area (Å²) in [5.41, 5.74) is 1.36. The average Bonchev–Trinajstić information content (AvgIpc) is 2.87. The molecule has 196 valence electrons. The molecule has 3 aliphatic carbocycles. The van der Waals surface area contributed by atoms with Crippen LogP contribution in [0.15, 0.2) is 24.3 Å². The van der Waals surface area contributed by atoms with Gasteiger partial charge in [0.2, 0.25) is 0 Å². The van der Waals surface area contributed by atoms with Gasteiger partial charge in [-0.1, -0.05) is 19.8 Å². The summed E-state index contributed by atoms with van der Waals surface area (Å²) in [6, 6.07) is 5.21. The van der Waals surface area contributed by atoms with E-state index >= 15 is 8.78 Å². The van der Waals surface area contributed by atoms with Crippen molar-refractivity contribution in [2.45, 2.75) is 102 Å².